The summed E-state index contributed by atoms with van der Waals surface area (Å²) in [5.41, 5.74) is 1.66. The monoisotopic (exact) mass is 209 g/mol. The highest BCUT2D eigenvalue weighted by Crippen LogP contribution is 2.27. The average molecular weight is 209 g/mol. The van der Waals surface area contributed by atoms with Crippen molar-refractivity contribution in [3.63, 3.8) is 0 Å². The number of hydrogen-bond donors (Lipinski definition) is 1. The molecule has 15 heavy (non-hydrogen) atoms. The lowest BCUT2D eigenvalue weighted by Gasteiger charge is -2.29. The summed E-state index contributed by atoms with van der Waals surface area (Å²) in [7, 11) is 0. The molecule has 2 heteroatoms. The molecule has 0 saturated carbocycles. The Hall–Kier alpha value is -0.760. The Morgan fingerprint density at radius 3 is 2.73 bits per heavy atom. The molecule has 1 unspecified atom stereocenters. The molecule has 0 saturated heterocycles. The maximum atomic E-state index is 5.12. The quantitative estimate of drug-likeness (QED) is 0.745. The minimum atomic E-state index is 0.356. The Morgan fingerprint density at radius 1 is 1.40 bits per heavy atom. The zero-order valence-electron chi connectivity index (χ0n) is 10.2. The van der Waals surface area contributed by atoms with Crippen LogP contribution >= 0.6 is 0 Å². The molecular formula is C13H23NO. The summed E-state index contributed by atoms with van der Waals surface area (Å²) < 4.78 is 5.12. The summed E-state index contributed by atoms with van der Waals surface area (Å²) in [5, 5.41) is 3.46. The van der Waals surface area contributed by atoms with Gasteiger partial charge < -0.3 is 9.73 Å². The second-order valence-electron chi connectivity index (χ2n) is 4.65. The SMILES string of the molecule is CCCC(C)(CNCC)Cc1ccoc1. The van der Waals surface area contributed by atoms with E-state index in [-0.39, 0.29) is 0 Å². The first-order chi connectivity index (χ1) is 7.20. The predicted molar refractivity (Wildman–Crippen MR) is 64.0 cm³/mol. The Bertz CT molecular complexity index is 256. The van der Waals surface area contributed by atoms with Crippen LogP contribution in [0.15, 0.2) is 23.0 Å². The van der Waals surface area contributed by atoms with Crippen LogP contribution in [-0.4, -0.2) is 13.1 Å². The summed E-state index contributed by atoms with van der Waals surface area (Å²) in [5.74, 6) is 0. The van der Waals surface area contributed by atoms with Crippen molar-refractivity contribution in [2.45, 2.75) is 40.0 Å². The molecule has 0 spiro atoms. The van der Waals surface area contributed by atoms with E-state index in [1.165, 1.54) is 18.4 Å². The molecule has 0 aliphatic carbocycles. The van der Waals surface area contributed by atoms with E-state index in [1.54, 1.807) is 6.26 Å². The van der Waals surface area contributed by atoms with Gasteiger partial charge in [0.2, 0.25) is 0 Å². The summed E-state index contributed by atoms with van der Waals surface area (Å²) >= 11 is 0. The molecule has 1 aromatic rings. The van der Waals surface area contributed by atoms with E-state index in [2.05, 4.69) is 32.2 Å². The lowest BCUT2D eigenvalue weighted by atomic mass is 9.80. The zero-order valence-corrected chi connectivity index (χ0v) is 10.2. The van der Waals surface area contributed by atoms with Crippen molar-refractivity contribution in [1.29, 1.82) is 0 Å². The van der Waals surface area contributed by atoms with E-state index in [4.69, 9.17) is 4.42 Å². The molecule has 0 aliphatic heterocycles. The number of rotatable bonds is 7. The molecule has 0 fully saturated rings. The van der Waals surface area contributed by atoms with Gasteiger partial charge >= 0.3 is 0 Å². The number of furan rings is 1. The van der Waals surface area contributed by atoms with Gasteiger partial charge in [-0.3, -0.25) is 0 Å². The Balaban J connectivity index is 2.55. The van der Waals surface area contributed by atoms with E-state index >= 15 is 0 Å². The normalized spacial score (nSPS) is 15.1. The van der Waals surface area contributed by atoms with Crippen LogP contribution in [0.5, 0.6) is 0 Å². The van der Waals surface area contributed by atoms with Crippen LogP contribution < -0.4 is 5.32 Å². The lowest BCUT2D eigenvalue weighted by Crippen LogP contribution is -2.33. The van der Waals surface area contributed by atoms with Crippen LogP contribution in [0.3, 0.4) is 0 Å². The van der Waals surface area contributed by atoms with Gasteiger partial charge in [0.25, 0.3) is 0 Å². The van der Waals surface area contributed by atoms with Crippen LogP contribution in [0.2, 0.25) is 0 Å². The first-order valence-corrected chi connectivity index (χ1v) is 5.92. The predicted octanol–water partition coefficient (Wildman–Crippen LogP) is 3.24. The van der Waals surface area contributed by atoms with Gasteiger partial charge in [-0.2, -0.15) is 0 Å². The van der Waals surface area contributed by atoms with E-state index in [1.807, 2.05) is 6.26 Å². The molecule has 1 atom stereocenters. The fraction of sp³-hybridized carbons (Fsp3) is 0.692. The van der Waals surface area contributed by atoms with Gasteiger partial charge in [-0.1, -0.05) is 27.2 Å². The molecule has 1 rings (SSSR count). The lowest BCUT2D eigenvalue weighted by molar-refractivity contribution is 0.277. The van der Waals surface area contributed by atoms with Crippen molar-refractivity contribution in [1.82, 2.24) is 5.32 Å². The van der Waals surface area contributed by atoms with Crippen molar-refractivity contribution in [2.24, 2.45) is 5.41 Å². The first kappa shape index (κ1) is 12.3. The second kappa shape index (κ2) is 5.96. The molecule has 0 aromatic carbocycles. The minimum absolute atomic E-state index is 0.356. The summed E-state index contributed by atoms with van der Waals surface area (Å²) in [6.45, 7) is 8.89. The van der Waals surface area contributed by atoms with Crippen LogP contribution in [0.1, 0.15) is 39.2 Å². The third-order valence-corrected chi connectivity index (χ3v) is 2.87. The molecule has 0 aliphatic rings. The van der Waals surface area contributed by atoms with Gasteiger partial charge in [0.05, 0.1) is 12.5 Å². The smallest absolute Gasteiger partial charge is 0.0934 e. The molecule has 0 bridgehead atoms. The van der Waals surface area contributed by atoms with Crippen molar-refractivity contribution in [3.05, 3.63) is 24.2 Å². The van der Waals surface area contributed by atoms with E-state index in [0.717, 1.165) is 19.5 Å². The van der Waals surface area contributed by atoms with Crippen LogP contribution in [-0.2, 0) is 6.42 Å². The highest BCUT2D eigenvalue weighted by molar-refractivity contribution is 5.08. The van der Waals surface area contributed by atoms with Crippen LogP contribution in [0, 0.1) is 5.41 Å². The summed E-state index contributed by atoms with van der Waals surface area (Å²) in [4.78, 5) is 0. The number of nitrogens with one attached hydrogen (secondary N) is 1. The average Bonchev–Trinajstić information content (AvgIpc) is 2.68. The molecular weight excluding hydrogens is 186 g/mol. The molecule has 1 heterocycles. The van der Waals surface area contributed by atoms with Gasteiger partial charge in [-0.25, -0.2) is 0 Å². The molecule has 1 aromatic heterocycles. The molecule has 2 nitrogen and oxygen atoms in total. The third-order valence-electron chi connectivity index (χ3n) is 2.87. The van der Waals surface area contributed by atoms with E-state index in [0.29, 0.717) is 5.41 Å². The molecule has 0 amide bonds. The molecule has 1 N–H and O–H groups in total. The van der Waals surface area contributed by atoms with E-state index in [9.17, 15) is 0 Å². The van der Waals surface area contributed by atoms with Gasteiger partial charge in [0, 0.05) is 6.54 Å². The highest BCUT2D eigenvalue weighted by Gasteiger charge is 2.23. The third kappa shape index (κ3) is 4.08. The largest absolute Gasteiger partial charge is 0.472 e. The Morgan fingerprint density at radius 2 is 2.20 bits per heavy atom. The van der Waals surface area contributed by atoms with Crippen molar-refractivity contribution in [3.8, 4) is 0 Å². The fourth-order valence-corrected chi connectivity index (χ4v) is 2.16. The van der Waals surface area contributed by atoms with Gasteiger partial charge in [-0.15, -0.1) is 0 Å². The maximum absolute atomic E-state index is 5.12. The minimum Gasteiger partial charge on any atom is -0.472 e. The molecule has 86 valence electrons. The van der Waals surface area contributed by atoms with Gasteiger partial charge in [0.1, 0.15) is 0 Å². The van der Waals surface area contributed by atoms with Crippen molar-refractivity contribution >= 4 is 0 Å². The zero-order chi connectivity index (χ0) is 11.1. The van der Waals surface area contributed by atoms with E-state index < -0.39 is 0 Å². The Labute approximate surface area is 93.1 Å². The Kier molecular flexibility index (Phi) is 4.89. The van der Waals surface area contributed by atoms with Crippen LogP contribution in [0.25, 0.3) is 0 Å². The van der Waals surface area contributed by atoms with Crippen LogP contribution in [0.4, 0.5) is 0 Å². The number of hydrogen-bond acceptors (Lipinski definition) is 2. The van der Waals surface area contributed by atoms with Gasteiger partial charge in [-0.05, 0) is 36.4 Å². The van der Waals surface area contributed by atoms with Crippen molar-refractivity contribution in [2.75, 3.05) is 13.1 Å². The first-order valence-electron chi connectivity index (χ1n) is 5.92. The summed E-state index contributed by atoms with van der Waals surface area (Å²) in [6.07, 6.45) is 7.21. The standard InChI is InChI=1S/C13H23NO/c1-4-7-13(3,11-14-5-2)9-12-6-8-15-10-12/h6,8,10,14H,4-5,7,9,11H2,1-3H3. The highest BCUT2D eigenvalue weighted by atomic mass is 16.3. The maximum Gasteiger partial charge on any atom is 0.0934 e. The summed E-state index contributed by atoms with van der Waals surface area (Å²) in [6, 6.07) is 2.07. The van der Waals surface area contributed by atoms with Gasteiger partial charge in [0.15, 0.2) is 0 Å². The topological polar surface area (TPSA) is 25.2 Å². The second-order valence-corrected chi connectivity index (χ2v) is 4.65. The molecule has 0 radical (unpaired) electrons. The van der Waals surface area contributed by atoms with Crippen molar-refractivity contribution < 1.29 is 4.42 Å². The fourth-order valence-electron chi connectivity index (χ4n) is 2.16.